The zero-order chi connectivity index (χ0) is 31.6. The second kappa shape index (κ2) is 17.6. The molecule has 0 fully saturated rings. The number of alkyl halides is 12. The summed E-state index contributed by atoms with van der Waals surface area (Å²) in [6.07, 6.45) is -4.19. The van der Waals surface area contributed by atoms with Gasteiger partial charge in [0.1, 0.15) is 0 Å². The molecule has 0 aromatic rings. The topological polar surface area (TPSA) is 94.1 Å². The number of carbonyl (C=O) groups excluding carboxylic acids is 2. The number of ether oxygens (including phenoxy) is 2. The summed E-state index contributed by atoms with van der Waals surface area (Å²) in [5.41, 5.74) is 0. The van der Waals surface area contributed by atoms with Crippen LogP contribution in [0.2, 0.25) is 0 Å². The van der Waals surface area contributed by atoms with Crippen LogP contribution in [-0.4, -0.2) is 66.9 Å². The monoisotopic (exact) mass is 660 g/mol. The second-order valence-corrected chi connectivity index (χ2v) is 9.09. The number of rotatable bonds is 20. The Kier molecular flexibility index (Phi) is 18.2. The van der Waals surface area contributed by atoms with Gasteiger partial charge in [0.2, 0.25) is 0 Å². The molecule has 0 rings (SSSR count). The van der Waals surface area contributed by atoms with Gasteiger partial charge >= 0.3 is 77.5 Å². The first kappa shape index (κ1) is 42.5. The van der Waals surface area contributed by atoms with Gasteiger partial charge in [-0.3, -0.25) is 14.6 Å². The number of halogens is 12. The van der Waals surface area contributed by atoms with Crippen LogP contribution in [0.3, 0.4) is 0 Å². The fourth-order valence-corrected chi connectivity index (χ4v) is 3.36. The van der Waals surface area contributed by atoms with Gasteiger partial charge in [-0.25, -0.2) is 8.78 Å². The van der Waals surface area contributed by atoms with Crippen molar-refractivity contribution in [1.82, 2.24) is 0 Å². The molecule has 41 heavy (non-hydrogen) atoms. The van der Waals surface area contributed by atoms with Crippen LogP contribution in [0, 0.1) is 11.8 Å². The molecule has 0 bridgehead atoms. The molecule has 2 atom stereocenters. The maximum atomic E-state index is 13.8. The van der Waals surface area contributed by atoms with Crippen molar-refractivity contribution in [2.24, 2.45) is 11.8 Å². The molecule has 0 saturated heterocycles. The minimum atomic E-state index is -7.78. The van der Waals surface area contributed by atoms with Gasteiger partial charge < -0.3 is 14.7 Å². The van der Waals surface area contributed by atoms with Crippen molar-refractivity contribution in [3.63, 3.8) is 0 Å². The van der Waals surface area contributed by atoms with Gasteiger partial charge in [0.25, 0.3) is 0 Å². The third kappa shape index (κ3) is 10.8. The van der Waals surface area contributed by atoms with Crippen molar-refractivity contribution in [1.29, 1.82) is 0 Å². The number of esters is 2. The van der Waals surface area contributed by atoms with Crippen LogP contribution in [0.15, 0.2) is 0 Å². The van der Waals surface area contributed by atoms with Gasteiger partial charge in [-0.2, -0.15) is 48.2 Å². The second-order valence-electron chi connectivity index (χ2n) is 8.38. The third-order valence-electron chi connectivity index (χ3n) is 5.45. The van der Waals surface area contributed by atoms with Crippen LogP contribution in [0.1, 0.15) is 46.0 Å². The average Bonchev–Trinajstić information content (AvgIpc) is 2.86. The van der Waals surface area contributed by atoms with Crippen molar-refractivity contribution in [2.75, 3.05) is 19.0 Å². The molecule has 7 nitrogen and oxygen atoms in total. The van der Waals surface area contributed by atoms with E-state index in [2.05, 4.69) is 14.1 Å². The van der Waals surface area contributed by atoms with Gasteiger partial charge in [-0.15, -0.1) is 0 Å². The Labute approximate surface area is 252 Å². The normalized spacial score (nSPS) is 14.8. The molecule has 0 amide bonds. The van der Waals surface area contributed by atoms with E-state index in [-0.39, 0.29) is 54.1 Å². The molecule has 0 aromatic heterocycles. The molecule has 0 heterocycles. The fraction of sp³-hybridized carbons (Fsp3) is 0.900. The molecule has 21 heteroatoms. The number of hydrogen-bond acceptors (Lipinski definition) is 8. The Hall–Kier alpha value is -0.670. The van der Waals surface area contributed by atoms with Crippen LogP contribution in [0.4, 0.5) is 52.7 Å². The van der Waals surface area contributed by atoms with Crippen LogP contribution in [0.25, 0.3) is 0 Å². The zero-order valence-corrected chi connectivity index (χ0v) is 24.5. The molecule has 0 N–H and O–H groups in total. The Morgan fingerprint density at radius 3 is 1.90 bits per heavy atom. The van der Waals surface area contributed by atoms with E-state index in [0.717, 1.165) is 12.8 Å². The molecular weight excluding hydrogens is 635 g/mol. The van der Waals surface area contributed by atoms with Gasteiger partial charge in [0.15, 0.2) is 6.61 Å². The molecule has 0 saturated carbocycles. The maximum absolute atomic E-state index is 13.8. The van der Waals surface area contributed by atoms with Crippen molar-refractivity contribution in [3.05, 3.63) is 0 Å². The minimum Gasteiger partial charge on any atom is -0.691 e. The molecule has 2 unspecified atom stereocenters. The number of unbranched alkanes of at least 4 members (excludes halogenated alkanes) is 1. The number of hydrogen-bond donors (Lipinski definition) is 0. The average molecular weight is 660 g/mol. The van der Waals surface area contributed by atoms with E-state index in [9.17, 15) is 67.5 Å². The summed E-state index contributed by atoms with van der Waals surface area (Å²) >= 11 is 0.0978. The van der Waals surface area contributed by atoms with Gasteiger partial charge in [-0.1, -0.05) is 33.1 Å². The first-order chi connectivity index (χ1) is 18.2. The standard InChI is InChI=1S/C20H26F12O7S.Na/c1-3-5-6-11(4-2)8-36-14(34)12(9-40-39-38-35)7-13(33)37-10-16(23,24)18(27,28)20(31,32)19(29,30)17(25,26)15(21)22;/h11-12,15,35H,3-10H2,1-2H3;/q;+1/p-1. The summed E-state index contributed by atoms with van der Waals surface area (Å²) in [6, 6.07) is 0. The molecule has 0 aliphatic rings. The largest absolute Gasteiger partial charge is 1.00 e. The van der Waals surface area contributed by atoms with E-state index >= 15 is 0 Å². The summed E-state index contributed by atoms with van der Waals surface area (Å²) in [5, 5.41) is 12.9. The van der Waals surface area contributed by atoms with E-state index in [1.807, 2.05) is 6.92 Å². The van der Waals surface area contributed by atoms with E-state index in [4.69, 9.17) is 4.74 Å². The smallest absolute Gasteiger partial charge is 0.691 e. The molecule has 0 aromatic carbocycles. The van der Waals surface area contributed by atoms with E-state index < -0.39 is 72.7 Å². The predicted molar refractivity (Wildman–Crippen MR) is 109 cm³/mol. The first-order valence-electron chi connectivity index (χ1n) is 11.2. The van der Waals surface area contributed by atoms with E-state index in [0.29, 0.717) is 12.8 Å². The minimum absolute atomic E-state index is 0. The van der Waals surface area contributed by atoms with Crippen molar-refractivity contribution in [3.8, 4) is 0 Å². The Balaban J connectivity index is 0. The first-order valence-corrected chi connectivity index (χ1v) is 12.2. The molecule has 0 radical (unpaired) electrons. The van der Waals surface area contributed by atoms with Crippen molar-refractivity contribution in [2.45, 2.75) is 82.0 Å². The van der Waals surface area contributed by atoms with Gasteiger partial charge in [0, 0.05) is 17.8 Å². The summed E-state index contributed by atoms with van der Waals surface area (Å²) in [7, 11) is 0. The van der Waals surface area contributed by atoms with Crippen molar-refractivity contribution < 1.29 is 116 Å². The molecular formula is C20H25F12NaO7S. The van der Waals surface area contributed by atoms with Gasteiger partial charge in [-0.05, 0) is 12.3 Å². The summed E-state index contributed by atoms with van der Waals surface area (Å²) in [4.78, 5) is 24.2. The summed E-state index contributed by atoms with van der Waals surface area (Å²) < 4.78 is 171. The fourth-order valence-electron chi connectivity index (χ4n) is 2.85. The van der Waals surface area contributed by atoms with Crippen LogP contribution in [-0.2, 0) is 28.4 Å². The van der Waals surface area contributed by atoms with Crippen LogP contribution in [0.5, 0.6) is 0 Å². The molecule has 0 aliphatic carbocycles. The SMILES string of the molecule is CCCCC(CC)COC(=O)C(CSOO[O-])CC(=O)OCC(F)(F)C(F)(F)C(F)(F)C(F)(F)C(F)(F)C(F)F.[Na+]. The quantitative estimate of drug-likeness (QED) is 0.0375. The third-order valence-corrected chi connectivity index (χ3v) is 6.14. The summed E-state index contributed by atoms with van der Waals surface area (Å²) in [6.45, 7) is 0.360. The van der Waals surface area contributed by atoms with Crippen LogP contribution >= 0.6 is 12.0 Å². The van der Waals surface area contributed by atoms with Gasteiger partial charge in [0.05, 0.1) is 18.9 Å². The van der Waals surface area contributed by atoms with E-state index in [1.165, 1.54) is 0 Å². The Morgan fingerprint density at radius 1 is 0.878 bits per heavy atom. The maximum Gasteiger partial charge on any atom is 1.00 e. The Bertz CT molecular complexity index is 809. The number of carbonyl (C=O) groups is 2. The van der Waals surface area contributed by atoms with Crippen LogP contribution < -0.4 is 34.8 Å². The molecule has 0 aliphatic heterocycles. The Morgan fingerprint density at radius 2 is 1.44 bits per heavy atom. The summed E-state index contributed by atoms with van der Waals surface area (Å²) in [5.74, 6) is -42.3. The molecule has 0 spiro atoms. The zero-order valence-electron chi connectivity index (χ0n) is 21.7. The van der Waals surface area contributed by atoms with E-state index in [1.54, 1.807) is 6.92 Å². The van der Waals surface area contributed by atoms with Crippen molar-refractivity contribution >= 4 is 24.0 Å². The molecule has 238 valence electrons. The predicted octanol–water partition coefficient (Wildman–Crippen LogP) is 2.61.